The van der Waals surface area contributed by atoms with Gasteiger partial charge >= 0.3 is 0 Å². The van der Waals surface area contributed by atoms with Gasteiger partial charge < -0.3 is 20.1 Å². The summed E-state index contributed by atoms with van der Waals surface area (Å²) in [4.78, 5) is 25.1. The molecule has 0 radical (unpaired) electrons. The second-order valence-electron chi connectivity index (χ2n) is 8.02. The van der Waals surface area contributed by atoms with Crippen LogP contribution in [0.4, 0.5) is 11.4 Å². The van der Waals surface area contributed by atoms with E-state index in [1.165, 1.54) is 0 Å². The Kier molecular flexibility index (Phi) is 9.57. The highest BCUT2D eigenvalue weighted by molar-refractivity contribution is 9.10. The SMILES string of the molecule is CCOc1cc(NC(=O)C(C)C)c(OCC)cc1CC(C)C(=O)Nc1ccc(Br)cc1C. The standard InChI is InChI=1S/C25H33BrN2O4/c1-7-31-22-14-21(28-24(29)15(3)4)23(32-8-2)13-18(22)11-17(6)25(30)27-20-10-9-19(26)12-16(20)5/h9-10,12-15,17H,7-8,11H2,1-6H3,(H,27,30)(H,28,29). The average Bonchev–Trinajstić information content (AvgIpc) is 2.73. The summed E-state index contributed by atoms with van der Waals surface area (Å²) in [5, 5.41) is 5.92. The van der Waals surface area contributed by atoms with E-state index in [4.69, 9.17) is 9.47 Å². The zero-order valence-electron chi connectivity index (χ0n) is 19.7. The van der Waals surface area contributed by atoms with E-state index in [0.717, 1.165) is 21.3 Å². The molecule has 0 bridgehead atoms. The zero-order valence-corrected chi connectivity index (χ0v) is 21.3. The van der Waals surface area contributed by atoms with Crippen LogP contribution >= 0.6 is 15.9 Å². The van der Waals surface area contributed by atoms with Gasteiger partial charge in [-0.3, -0.25) is 9.59 Å². The molecule has 0 fully saturated rings. The summed E-state index contributed by atoms with van der Waals surface area (Å²) in [7, 11) is 0. The molecule has 1 unspecified atom stereocenters. The number of rotatable bonds is 10. The molecule has 0 aromatic heterocycles. The Hall–Kier alpha value is -2.54. The van der Waals surface area contributed by atoms with Gasteiger partial charge in [0.05, 0.1) is 18.9 Å². The minimum absolute atomic E-state index is 0.0759. The minimum Gasteiger partial charge on any atom is -0.494 e. The van der Waals surface area contributed by atoms with Crippen molar-refractivity contribution in [2.75, 3.05) is 23.8 Å². The Balaban J connectivity index is 2.28. The normalized spacial score (nSPS) is 11.8. The van der Waals surface area contributed by atoms with Crippen molar-refractivity contribution >= 4 is 39.1 Å². The molecule has 2 rings (SSSR count). The van der Waals surface area contributed by atoms with E-state index in [0.29, 0.717) is 36.8 Å². The lowest BCUT2D eigenvalue weighted by atomic mass is 9.98. The summed E-state index contributed by atoms with van der Waals surface area (Å²) in [6.45, 7) is 12.2. The fourth-order valence-corrected chi connectivity index (χ4v) is 3.62. The van der Waals surface area contributed by atoms with Gasteiger partial charge in [-0.2, -0.15) is 0 Å². The fraction of sp³-hybridized carbons (Fsp3) is 0.440. The number of amides is 2. The lowest BCUT2D eigenvalue weighted by Gasteiger charge is -2.20. The molecule has 2 aromatic carbocycles. The van der Waals surface area contributed by atoms with Gasteiger partial charge in [-0.1, -0.05) is 36.7 Å². The van der Waals surface area contributed by atoms with Gasteiger partial charge in [0.15, 0.2) is 0 Å². The van der Waals surface area contributed by atoms with Crippen molar-refractivity contribution < 1.29 is 19.1 Å². The van der Waals surface area contributed by atoms with Gasteiger partial charge in [0.1, 0.15) is 11.5 Å². The van der Waals surface area contributed by atoms with E-state index in [2.05, 4.69) is 26.6 Å². The average molecular weight is 505 g/mol. The number of anilines is 2. The van der Waals surface area contributed by atoms with Crippen LogP contribution in [0.5, 0.6) is 11.5 Å². The highest BCUT2D eigenvalue weighted by Crippen LogP contribution is 2.35. The van der Waals surface area contributed by atoms with Crippen molar-refractivity contribution in [2.45, 2.75) is 48.0 Å². The first kappa shape index (κ1) is 25.7. The molecule has 0 aliphatic rings. The highest BCUT2D eigenvalue weighted by atomic mass is 79.9. The third-order valence-electron chi connectivity index (χ3n) is 4.96. The number of halogens is 1. The summed E-state index contributed by atoms with van der Waals surface area (Å²) in [5.74, 6) is 0.561. The third-order valence-corrected chi connectivity index (χ3v) is 5.46. The zero-order chi connectivity index (χ0) is 23.8. The van der Waals surface area contributed by atoms with Crippen LogP contribution in [0.1, 0.15) is 45.7 Å². The molecule has 0 saturated carbocycles. The lowest BCUT2D eigenvalue weighted by Crippen LogP contribution is -2.23. The van der Waals surface area contributed by atoms with E-state index < -0.39 is 0 Å². The monoisotopic (exact) mass is 504 g/mol. The molecule has 0 spiro atoms. The van der Waals surface area contributed by atoms with E-state index in [-0.39, 0.29) is 23.7 Å². The maximum atomic E-state index is 12.9. The quantitative estimate of drug-likeness (QED) is 0.417. The maximum absolute atomic E-state index is 12.9. The van der Waals surface area contributed by atoms with Gasteiger partial charge in [-0.05, 0) is 62.6 Å². The van der Waals surface area contributed by atoms with Crippen molar-refractivity contribution in [1.82, 2.24) is 0 Å². The molecule has 7 heteroatoms. The number of nitrogens with one attached hydrogen (secondary N) is 2. The van der Waals surface area contributed by atoms with E-state index in [1.54, 1.807) is 6.07 Å². The van der Waals surface area contributed by atoms with Crippen LogP contribution in [0, 0.1) is 18.8 Å². The Morgan fingerprint density at radius 2 is 1.53 bits per heavy atom. The predicted molar refractivity (Wildman–Crippen MR) is 133 cm³/mol. The lowest BCUT2D eigenvalue weighted by molar-refractivity contribution is -0.119. The maximum Gasteiger partial charge on any atom is 0.227 e. The summed E-state index contributed by atoms with van der Waals surface area (Å²) < 4.78 is 12.6. The van der Waals surface area contributed by atoms with Gasteiger partial charge in [0.2, 0.25) is 11.8 Å². The number of ether oxygens (including phenoxy) is 2. The van der Waals surface area contributed by atoms with Crippen LogP contribution in [0.3, 0.4) is 0 Å². The van der Waals surface area contributed by atoms with Crippen molar-refractivity contribution in [3.8, 4) is 11.5 Å². The topological polar surface area (TPSA) is 76.7 Å². The Bertz CT molecular complexity index is 959. The van der Waals surface area contributed by atoms with E-state index in [1.807, 2.05) is 65.8 Å². The number of carbonyl (C=O) groups is 2. The number of aryl methyl sites for hydroxylation is 1. The molecular formula is C25H33BrN2O4. The highest BCUT2D eigenvalue weighted by Gasteiger charge is 2.20. The Morgan fingerprint density at radius 1 is 0.906 bits per heavy atom. The summed E-state index contributed by atoms with van der Waals surface area (Å²) >= 11 is 3.44. The minimum atomic E-state index is -0.303. The van der Waals surface area contributed by atoms with Crippen molar-refractivity contribution in [3.05, 3.63) is 45.9 Å². The summed E-state index contributed by atoms with van der Waals surface area (Å²) in [5.41, 5.74) is 3.20. The molecule has 2 N–H and O–H groups in total. The molecule has 0 saturated heterocycles. The summed E-state index contributed by atoms with van der Waals surface area (Å²) in [6.07, 6.45) is 0.467. The second kappa shape index (κ2) is 11.9. The molecular weight excluding hydrogens is 472 g/mol. The molecule has 2 aromatic rings. The first-order valence-corrected chi connectivity index (χ1v) is 11.8. The van der Waals surface area contributed by atoms with Crippen LogP contribution in [0.2, 0.25) is 0 Å². The van der Waals surface area contributed by atoms with Crippen LogP contribution in [0.25, 0.3) is 0 Å². The number of hydrogen-bond acceptors (Lipinski definition) is 4. The Morgan fingerprint density at radius 3 is 2.12 bits per heavy atom. The smallest absolute Gasteiger partial charge is 0.227 e. The van der Waals surface area contributed by atoms with E-state index in [9.17, 15) is 9.59 Å². The van der Waals surface area contributed by atoms with Crippen molar-refractivity contribution in [2.24, 2.45) is 11.8 Å². The summed E-state index contributed by atoms with van der Waals surface area (Å²) in [6, 6.07) is 9.40. The van der Waals surface area contributed by atoms with Crippen LogP contribution in [0.15, 0.2) is 34.8 Å². The Labute approximate surface area is 199 Å². The van der Waals surface area contributed by atoms with Gasteiger partial charge in [-0.15, -0.1) is 0 Å². The molecule has 32 heavy (non-hydrogen) atoms. The first-order valence-electron chi connectivity index (χ1n) is 11.0. The first-order chi connectivity index (χ1) is 15.2. The number of hydrogen-bond donors (Lipinski definition) is 2. The molecule has 2 amide bonds. The molecule has 174 valence electrons. The number of benzene rings is 2. The fourth-order valence-electron chi connectivity index (χ4n) is 3.15. The third kappa shape index (κ3) is 6.99. The molecule has 0 aliphatic heterocycles. The van der Waals surface area contributed by atoms with Crippen molar-refractivity contribution in [1.29, 1.82) is 0 Å². The van der Waals surface area contributed by atoms with Crippen LogP contribution in [-0.2, 0) is 16.0 Å². The van der Waals surface area contributed by atoms with Crippen molar-refractivity contribution in [3.63, 3.8) is 0 Å². The van der Waals surface area contributed by atoms with Crippen LogP contribution < -0.4 is 20.1 Å². The van der Waals surface area contributed by atoms with Gasteiger partial charge in [0, 0.05) is 28.1 Å². The van der Waals surface area contributed by atoms with Crippen LogP contribution in [-0.4, -0.2) is 25.0 Å². The van der Waals surface area contributed by atoms with Gasteiger partial charge in [-0.25, -0.2) is 0 Å². The molecule has 1 atom stereocenters. The number of carbonyl (C=O) groups excluding carboxylic acids is 2. The molecule has 0 heterocycles. The van der Waals surface area contributed by atoms with Gasteiger partial charge in [0.25, 0.3) is 0 Å². The molecule has 6 nitrogen and oxygen atoms in total. The largest absolute Gasteiger partial charge is 0.494 e. The van der Waals surface area contributed by atoms with E-state index >= 15 is 0 Å². The predicted octanol–water partition coefficient (Wildman–Crippen LogP) is 5.97. The second-order valence-corrected chi connectivity index (χ2v) is 8.94. The molecule has 0 aliphatic carbocycles.